The highest BCUT2D eigenvalue weighted by Gasteiger charge is 2.10. The van der Waals surface area contributed by atoms with Crippen molar-refractivity contribution < 1.29 is 14.4 Å². The molecule has 0 heterocycles. The third kappa shape index (κ3) is 3.17. The molecule has 0 aliphatic heterocycles. The Morgan fingerprint density at radius 2 is 1.90 bits per heavy atom. The summed E-state index contributed by atoms with van der Waals surface area (Å²) in [5, 5.41) is 10.7. The van der Waals surface area contributed by atoms with Gasteiger partial charge in [-0.25, -0.2) is 0 Å². The zero-order valence-electron chi connectivity index (χ0n) is 10.9. The fourth-order valence-electron chi connectivity index (χ4n) is 1.64. The van der Waals surface area contributed by atoms with Crippen LogP contribution in [0.4, 0.5) is 11.4 Å². The summed E-state index contributed by atoms with van der Waals surface area (Å²) < 4.78 is 10.6. The van der Waals surface area contributed by atoms with Gasteiger partial charge >= 0.3 is 0 Å². The summed E-state index contributed by atoms with van der Waals surface area (Å²) >= 11 is 0. The number of anilines is 1. The molecule has 0 bridgehead atoms. The highest BCUT2D eigenvalue weighted by atomic mass is 16.6. The standard InChI is InChI=1S/C14H14N2O4/c1-19-12-5-2-10(3-6-12)9-20-14-8-11(16(17)18)4-7-13(14)15/h2-8H,9,15H2,1H3. The molecule has 0 aromatic heterocycles. The summed E-state index contributed by atoms with van der Waals surface area (Å²) in [6.45, 7) is 0.273. The monoisotopic (exact) mass is 274 g/mol. The highest BCUT2D eigenvalue weighted by molar-refractivity contribution is 5.57. The molecule has 0 aliphatic carbocycles. The first-order valence-corrected chi connectivity index (χ1v) is 5.90. The van der Waals surface area contributed by atoms with E-state index in [0.717, 1.165) is 11.3 Å². The molecule has 0 atom stereocenters. The Labute approximate surface area is 115 Å². The van der Waals surface area contributed by atoms with Crippen LogP contribution in [-0.2, 0) is 6.61 Å². The van der Waals surface area contributed by atoms with Gasteiger partial charge in [0.2, 0.25) is 0 Å². The molecule has 104 valence electrons. The first-order chi connectivity index (χ1) is 9.60. The number of nitrogens with zero attached hydrogens (tertiary/aromatic N) is 1. The van der Waals surface area contributed by atoms with Gasteiger partial charge in [-0.1, -0.05) is 12.1 Å². The van der Waals surface area contributed by atoms with Crippen LogP contribution in [-0.4, -0.2) is 12.0 Å². The van der Waals surface area contributed by atoms with Crippen molar-refractivity contribution in [2.75, 3.05) is 12.8 Å². The summed E-state index contributed by atoms with van der Waals surface area (Å²) in [5.74, 6) is 1.05. The van der Waals surface area contributed by atoms with E-state index in [0.29, 0.717) is 11.4 Å². The average molecular weight is 274 g/mol. The van der Waals surface area contributed by atoms with Gasteiger partial charge in [0.25, 0.3) is 5.69 Å². The first-order valence-electron chi connectivity index (χ1n) is 5.90. The number of nitro benzene ring substituents is 1. The average Bonchev–Trinajstić information content (AvgIpc) is 2.46. The maximum Gasteiger partial charge on any atom is 0.273 e. The van der Waals surface area contributed by atoms with E-state index in [9.17, 15) is 10.1 Å². The van der Waals surface area contributed by atoms with Crippen LogP contribution >= 0.6 is 0 Å². The Balaban J connectivity index is 2.09. The number of benzene rings is 2. The molecule has 2 aromatic rings. The van der Waals surface area contributed by atoms with Crippen LogP contribution in [0.15, 0.2) is 42.5 Å². The SMILES string of the molecule is COc1ccc(COc2cc([N+](=O)[O-])ccc2N)cc1. The molecule has 0 unspecified atom stereocenters. The van der Waals surface area contributed by atoms with E-state index in [4.69, 9.17) is 15.2 Å². The smallest absolute Gasteiger partial charge is 0.273 e. The third-order valence-corrected chi connectivity index (χ3v) is 2.76. The zero-order chi connectivity index (χ0) is 14.5. The normalized spacial score (nSPS) is 10.1. The van der Waals surface area contributed by atoms with Gasteiger partial charge in [0, 0.05) is 6.07 Å². The fraction of sp³-hybridized carbons (Fsp3) is 0.143. The molecule has 0 saturated carbocycles. The van der Waals surface area contributed by atoms with E-state index in [2.05, 4.69) is 0 Å². The second kappa shape index (κ2) is 5.92. The van der Waals surface area contributed by atoms with Crippen molar-refractivity contribution in [2.24, 2.45) is 0 Å². The number of hydrogen-bond donors (Lipinski definition) is 1. The molecule has 0 saturated heterocycles. The third-order valence-electron chi connectivity index (χ3n) is 2.76. The Hall–Kier alpha value is -2.76. The summed E-state index contributed by atoms with van der Waals surface area (Å²) in [5.41, 5.74) is 6.96. The summed E-state index contributed by atoms with van der Waals surface area (Å²) in [6, 6.07) is 11.5. The Kier molecular flexibility index (Phi) is 4.05. The number of nitrogen functional groups attached to an aromatic ring is 1. The predicted molar refractivity (Wildman–Crippen MR) is 74.8 cm³/mol. The molecule has 2 rings (SSSR count). The van der Waals surface area contributed by atoms with Gasteiger partial charge in [-0.05, 0) is 23.8 Å². The largest absolute Gasteiger partial charge is 0.497 e. The minimum Gasteiger partial charge on any atom is -0.497 e. The van der Waals surface area contributed by atoms with Gasteiger partial charge in [0.05, 0.1) is 23.8 Å². The molecule has 2 aromatic carbocycles. The van der Waals surface area contributed by atoms with Crippen molar-refractivity contribution in [3.8, 4) is 11.5 Å². The Bertz CT molecular complexity index is 611. The molecule has 6 heteroatoms. The van der Waals surface area contributed by atoms with Crippen LogP contribution in [0, 0.1) is 10.1 Å². The summed E-state index contributed by atoms with van der Waals surface area (Å²) in [4.78, 5) is 10.2. The van der Waals surface area contributed by atoms with Crippen LogP contribution in [0.1, 0.15) is 5.56 Å². The van der Waals surface area contributed by atoms with Crippen molar-refractivity contribution >= 4 is 11.4 Å². The number of hydrogen-bond acceptors (Lipinski definition) is 5. The molecular weight excluding hydrogens is 260 g/mol. The minimum absolute atomic E-state index is 0.0519. The van der Waals surface area contributed by atoms with E-state index < -0.39 is 4.92 Å². The van der Waals surface area contributed by atoms with Crippen molar-refractivity contribution in [1.82, 2.24) is 0 Å². The lowest BCUT2D eigenvalue weighted by atomic mass is 10.2. The highest BCUT2D eigenvalue weighted by Crippen LogP contribution is 2.27. The molecule has 20 heavy (non-hydrogen) atoms. The van der Waals surface area contributed by atoms with Gasteiger partial charge in [-0.15, -0.1) is 0 Å². The van der Waals surface area contributed by atoms with Gasteiger partial charge in [-0.3, -0.25) is 10.1 Å². The van der Waals surface area contributed by atoms with E-state index in [1.807, 2.05) is 24.3 Å². The number of nitrogens with two attached hydrogens (primary N) is 1. The predicted octanol–water partition coefficient (Wildman–Crippen LogP) is 2.76. The minimum atomic E-state index is -0.486. The molecule has 6 nitrogen and oxygen atoms in total. The van der Waals surface area contributed by atoms with E-state index in [-0.39, 0.29) is 12.3 Å². The number of ether oxygens (including phenoxy) is 2. The topological polar surface area (TPSA) is 87.6 Å². The van der Waals surface area contributed by atoms with Crippen molar-refractivity contribution in [3.63, 3.8) is 0 Å². The lowest BCUT2D eigenvalue weighted by molar-refractivity contribution is -0.384. The summed E-state index contributed by atoms with van der Waals surface area (Å²) in [7, 11) is 1.59. The van der Waals surface area contributed by atoms with Crippen LogP contribution in [0.2, 0.25) is 0 Å². The lowest BCUT2D eigenvalue weighted by Gasteiger charge is -2.09. The molecule has 0 spiro atoms. The van der Waals surface area contributed by atoms with Crippen LogP contribution < -0.4 is 15.2 Å². The van der Waals surface area contributed by atoms with E-state index in [1.165, 1.54) is 18.2 Å². The summed E-state index contributed by atoms with van der Waals surface area (Å²) in [6.07, 6.45) is 0. The van der Waals surface area contributed by atoms with E-state index >= 15 is 0 Å². The zero-order valence-corrected chi connectivity index (χ0v) is 10.9. The van der Waals surface area contributed by atoms with Crippen LogP contribution in [0.25, 0.3) is 0 Å². The van der Waals surface area contributed by atoms with Gasteiger partial charge in [0.1, 0.15) is 18.1 Å². The molecule has 0 radical (unpaired) electrons. The number of methoxy groups -OCH3 is 1. The van der Waals surface area contributed by atoms with Crippen molar-refractivity contribution in [2.45, 2.75) is 6.61 Å². The fourth-order valence-corrected chi connectivity index (χ4v) is 1.64. The number of nitro groups is 1. The maximum atomic E-state index is 10.7. The van der Waals surface area contributed by atoms with Gasteiger partial charge in [-0.2, -0.15) is 0 Å². The molecular formula is C14H14N2O4. The van der Waals surface area contributed by atoms with Crippen molar-refractivity contribution in [1.29, 1.82) is 0 Å². The number of rotatable bonds is 5. The molecule has 2 N–H and O–H groups in total. The van der Waals surface area contributed by atoms with Crippen LogP contribution in [0.5, 0.6) is 11.5 Å². The maximum absolute atomic E-state index is 10.7. The lowest BCUT2D eigenvalue weighted by Crippen LogP contribution is -2.00. The Morgan fingerprint density at radius 1 is 1.20 bits per heavy atom. The van der Waals surface area contributed by atoms with Crippen LogP contribution in [0.3, 0.4) is 0 Å². The first kappa shape index (κ1) is 13.7. The number of non-ortho nitro benzene ring substituents is 1. The van der Waals surface area contributed by atoms with Gasteiger partial charge < -0.3 is 15.2 Å². The molecule has 0 amide bonds. The second-order valence-electron chi connectivity index (χ2n) is 4.12. The molecule has 0 fully saturated rings. The van der Waals surface area contributed by atoms with Crippen molar-refractivity contribution in [3.05, 3.63) is 58.1 Å². The second-order valence-corrected chi connectivity index (χ2v) is 4.12. The van der Waals surface area contributed by atoms with E-state index in [1.54, 1.807) is 7.11 Å². The Morgan fingerprint density at radius 3 is 2.50 bits per heavy atom. The molecule has 0 aliphatic rings. The quantitative estimate of drug-likeness (QED) is 0.514. The van der Waals surface area contributed by atoms with Gasteiger partial charge in [0.15, 0.2) is 0 Å².